The number of aromatic nitrogens is 2. The van der Waals surface area contributed by atoms with Gasteiger partial charge in [0.05, 0.1) is 17.8 Å². The molecular formula is C18H30N4O2. The molecule has 0 aliphatic carbocycles. The second kappa shape index (κ2) is 7.23. The fraction of sp³-hybridized carbons (Fsp3) is 0.778. The molecule has 0 radical (unpaired) electrons. The Morgan fingerprint density at radius 1 is 1.17 bits per heavy atom. The Hall–Kier alpha value is -1.40. The summed E-state index contributed by atoms with van der Waals surface area (Å²) in [6.45, 7) is 9.96. The molecule has 2 aliphatic rings. The first-order valence-corrected chi connectivity index (χ1v) is 9.18. The standard InChI is InChI=1S/C18H30N4O2/c1-13-14(2)19-22(15(13)3)10-7-18(24)21-11-16(17(23)12-21)20-8-5-4-6-9-20/h16-17,23H,4-12H2,1-3H3. The van der Waals surface area contributed by atoms with Gasteiger partial charge in [-0.1, -0.05) is 6.42 Å². The monoisotopic (exact) mass is 334 g/mol. The summed E-state index contributed by atoms with van der Waals surface area (Å²) in [4.78, 5) is 16.8. The number of aryl methyl sites for hydroxylation is 2. The van der Waals surface area contributed by atoms with Crippen molar-refractivity contribution in [3.63, 3.8) is 0 Å². The van der Waals surface area contributed by atoms with Gasteiger partial charge in [0.15, 0.2) is 0 Å². The number of hydrogen-bond donors (Lipinski definition) is 1. The third-order valence-electron chi connectivity index (χ3n) is 5.75. The molecule has 2 saturated heterocycles. The highest BCUT2D eigenvalue weighted by Crippen LogP contribution is 2.21. The molecule has 1 amide bonds. The van der Waals surface area contributed by atoms with E-state index in [1.165, 1.54) is 24.8 Å². The van der Waals surface area contributed by atoms with E-state index in [9.17, 15) is 9.90 Å². The number of β-amino-alcohol motifs (C(OH)–C–C–N with tert-alkyl or cyclic N) is 1. The molecule has 6 nitrogen and oxygen atoms in total. The summed E-state index contributed by atoms with van der Waals surface area (Å²) in [5.41, 5.74) is 3.36. The molecule has 0 aromatic carbocycles. The van der Waals surface area contributed by atoms with Crippen molar-refractivity contribution in [1.82, 2.24) is 19.6 Å². The van der Waals surface area contributed by atoms with Crippen molar-refractivity contribution in [3.05, 3.63) is 17.0 Å². The molecule has 6 heteroatoms. The van der Waals surface area contributed by atoms with Crippen molar-refractivity contribution < 1.29 is 9.90 Å². The molecule has 0 spiro atoms. The van der Waals surface area contributed by atoms with Gasteiger partial charge in [-0.15, -0.1) is 0 Å². The predicted octanol–water partition coefficient (Wildman–Crippen LogP) is 1.26. The number of carbonyl (C=O) groups excluding carboxylic acids is 1. The van der Waals surface area contributed by atoms with E-state index in [1.807, 2.05) is 23.4 Å². The Morgan fingerprint density at radius 3 is 2.50 bits per heavy atom. The number of piperidine rings is 1. The molecule has 2 atom stereocenters. The van der Waals surface area contributed by atoms with Crippen molar-refractivity contribution in [2.45, 2.75) is 65.1 Å². The molecule has 1 aromatic heterocycles. The minimum absolute atomic E-state index is 0.116. The van der Waals surface area contributed by atoms with Gasteiger partial charge in [-0.3, -0.25) is 14.4 Å². The highest BCUT2D eigenvalue weighted by molar-refractivity contribution is 5.76. The molecule has 3 rings (SSSR count). The average molecular weight is 334 g/mol. The zero-order chi connectivity index (χ0) is 17.3. The van der Waals surface area contributed by atoms with Crippen LogP contribution in [0.15, 0.2) is 0 Å². The van der Waals surface area contributed by atoms with Crippen LogP contribution in [0.1, 0.15) is 42.6 Å². The summed E-state index contributed by atoms with van der Waals surface area (Å²) in [5.74, 6) is 0.124. The summed E-state index contributed by atoms with van der Waals surface area (Å²) < 4.78 is 1.93. The fourth-order valence-electron chi connectivity index (χ4n) is 3.95. The third-order valence-corrected chi connectivity index (χ3v) is 5.75. The lowest BCUT2D eigenvalue weighted by Crippen LogP contribution is -2.46. The smallest absolute Gasteiger partial charge is 0.224 e. The average Bonchev–Trinajstić information content (AvgIpc) is 3.09. The zero-order valence-corrected chi connectivity index (χ0v) is 15.2. The molecular weight excluding hydrogens is 304 g/mol. The number of carbonyl (C=O) groups is 1. The number of aliphatic hydroxyl groups is 1. The van der Waals surface area contributed by atoms with Crippen LogP contribution < -0.4 is 0 Å². The van der Waals surface area contributed by atoms with Gasteiger partial charge in [-0.25, -0.2) is 0 Å². The minimum Gasteiger partial charge on any atom is -0.390 e. The van der Waals surface area contributed by atoms with Crippen LogP contribution in [-0.2, 0) is 11.3 Å². The van der Waals surface area contributed by atoms with Crippen molar-refractivity contribution in [2.24, 2.45) is 0 Å². The first-order valence-electron chi connectivity index (χ1n) is 9.18. The maximum Gasteiger partial charge on any atom is 0.224 e. The summed E-state index contributed by atoms with van der Waals surface area (Å²) in [6.07, 6.45) is 3.72. The second-order valence-electron chi connectivity index (χ2n) is 7.30. The highest BCUT2D eigenvalue weighted by Gasteiger charge is 2.37. The van der Waals surface area contributed by atoms with Crippen LogP contribution in [0.4, 0.5) is 0 Å². The molecule has 2 fully saturated rings. The largest absolute Gasteiger partial charge is 0.390 e. The highest BCUT2D eigenvalue weighted by atomic mass is 16.3. The third kappa shape index (κ3) is 3.49. The maximum absolute atomic E-state index is 12.6. The van der Waals surface area contributed by atoms with Gasteiger partial charge in [0, 0.05) is 31.7 Å². The van der Waals surface area contributed by atoms with Gasteiger partial charge >= 0.3 is 0 Å². The van der Waals surface area contributed by atoms with Crippen LogP contribution in [0.25, 0.3) is 0 Å². The van der Waals surface area contributed by atoms with Crippen molar-refractivity contribution >= 4 is 5.91 Å². The molecule has 0 saturated carbocycles. The van der Waals surface area contributed by atoms with E-state index in [0.29, 0.717) is 26.1 Å². The fourth-order valence-corrected chi connectivity index (χ4v) is 3.95. The SMILES string of the molecule is Cc1nn(CCC(=O)N2CC(O)C(N3CCCCC3)C2)c(C)c1C. The quantitative estimate of drug-likeness (QED) is 0.900. The Bertz CT molecular complexity index is 592. The van der Waals surface area contributed by atoms with Gasteiger partial charge in [0.2, 0.25) is 5.91 Å². The lowest BCUT2D eigenvalue weighted by molar-refractivity contribution is -0.130. The van der Waals surface area contributed by atoms with E-state index in [-0.39, 0.29) is 11.9 Å². The van der Waals surface area contributed by atoms with Crippen LogP contribution >= 0.6 is 0 Å². The first kappa shape index (κ1) is 17.4. The van der Waals surface area contributed by atoms with E-state index in [1.54, 1.807) is 0 Å². The Morgan fingerprint density at radius 2 is 1.88 bits per heavy atom. The number of likely N-dealkylation sites (tertiary alicyclic amines) is 2. The van der Waals surface area contributed by atoms with E-state index >= 15 is 0 Å². The molecule has 2 unspecified atom stereocenters. The molecule has 24 heavy (non-hydrogen) atoms. The molecule has 2 aliphatic heterocycles. The Balaban J connectivity index is 1.54. The number of aliphatic hydroxyl groups excluding tert-OH is 1. The van der Waals surface area contributed by atoms with Gasteiger partial charge < -0.3 is 10.0 Å². The van der Waals surface area contributed by atoms with E-state index < -0.39 is 6.10 Å². The molecule has 1 N–H and O–H groups in total. The van der Waals surface area contributed by atoms with Gasteiger partial charge in [-0.05, 0) is 52.3 Å². The lowest BCUT2D eigenvalue weighted by atomic mass is 10.1. The van der Waals surface area contributed by atoms with Crippen molar-refractivity contribution in [1.29, 1.82) is 0 Å². The molecule has 0 bridgehead atoms. The summed E-state index contributed by atoms with van der Waals surface area (Å²) in [6, 6.07) is 0.116. The van der Waals surface area contributed by atoms with Crippen LogP contribution in [0.5, 0.6) is 0 Å². The Kier molecular flexibility index (Phi) is 5.25. The first-order chi connectivity index (χ1) is 11.5. The zero-order valence-electron chi connectivity index (χ0n) is 15.2. The van der Waals surface area contributed by atoms with Gasteiger partial charge in [0.1, 0.15) is 0 Å². The van der Waals surface area contributed by atoms with Crippen LogP contribution in [0.2, 0.25) is 0 Å². The van der Waals surface area contributed by atoms with Gasteiger partial charge in [0.25, 0.3) is 0 Å². The summed E-state index contributed by atoms with van der Waals surface area (Å²) in [5, 5.41) is 14.9. The van der Waals surface area contributed by atoms with Gasteiger partial charge in [-0.2, -0.15) is 5.10 Å². The van der Waals surface area contributed by atoms with E-state index in [0.717, 1.165) is 24.5 Å². The molecule has 1 aromatic rings. The van der Waals surface area contributed by atoms with Crippen LogP contribution in [-0.4, -0.2) is 68.9 Å². The Labute approximate surface area is 144 Å². The molecule has 3 heterocycles. The van der Waals surface area contributed by atoms with Crippen LogP contribution in [0, 0.1) is 20.8 Å². The lowest BCUT2D eigenvalue weighted by Gasteiger charge is -2.33. The maximum atomic E-state index is 12.6. The number of rotatable bonds is 4. The minimum atomic E-state index is -0.414. The summed E-state index contributed by atoms with van der Waals surface area (Å²) in [7, 11) is 0. The van der Waals surface area contributed by atoms with Crippen LogP contribution in [0.3, 0.4) is 0 Å². The van der Waals surface area contributed by atoms with Crippen molar-refractivity contribution in [3.8, 4) is 0 Å². The second-order valence-corrected chi connectivity index (χ2v) is 7.30. The summed E-state index contributed by atoms with van der Waals surface area (Å²) >= 11 is 0. The number of amides is 1. The topological polar surface area (TPSA) is 61.6 Å². The molecule has 134 valence electrons. The predicted molar refractivity (Wildman–Crippen MR) is 92.9 cm³/mol. The normalized spacial score (nSPS) is 25.4. The van der Waals surface area contributed by atoms with Crippen molar-refractivity contribution in [2.75, 3.05) is 26.2 Å². The van der Waals surface area contributed by atoms with E-state index in [2.05, 4.69) is 16.9 Å². The number of nitrogens with zero attached hydrogens (tertiary/aromatic N) is 4. The van der Waals surface area contributed by atoms with E-state index in [4.69, 9.17) is 0 Å². The number of hydrogen-bond acceptors (Lipinski definition) is 4.